The highest BCUT2D eigenvalue weighted by molar-refractivity contribution is 7.89. The van der Waals surface area contributed by atoms with Gasteiger partial charge >= 0.3 is 0 Å². The minimum absolute atomic E-state index is 0.536. The fourth-order valence-electron chi connectivity index (χ4n) is 1.53. The highest BCUT2D eigenvalue weighted by Gasteiger charge is 2.08. The van der Waals surface area contributed by atoms with Crippen LogP contribution in [-0.2, 0) is 17.2 Å². The van der Waals surface area contributed by atoms with E-state index in [9.17, 15) is 4.21 Å². The average molecular weight is 233 g/mol. The van der Waals surface area contributed by atoms with E-state index in [1.807, 2.05) is 18.4 Å². The molecule has 0 aliphatic carbocycles. The molecule has 0 saturated carbocycles. The second kappa shape index (κ2) is 5.12. The van der Waals surface area contributed by atoms with Crippen LogP contribution in [-0.4, -0.2) is 10.1 Å². The molecule has 1 aliphatic heterocycles. The molecular weight excluding hydrogens is 218 g/mol. The fourth-order valence-corrected chi connectivity index (χ4v) is 2.37. The number of allylic oxidation sites excluding steroid dienone is 1. The van der Waals surface area contributed by atoms with E-state index >= 15 is 0 Å². The van der Waals surface area contributed by atoms with Gasteiger partial charge in [-0.15, -0.1) is 0 Å². The van der Waals surface area contributed by atoms with E-state index < -0.39 is 10.8 Å². The van der Waals surface area contributed by atoms with Crippen LogP contribution in [0.15, 0.2) is 41.4 Å². The third kappa shape index (κ3) is 2.61. The van der Waals surface area contributed by atoms with Crippen LogP contribution in [0.25, 0.3) is 6.08 Å². The van der Waals surface area contributed by atoms with E-state index in [0.29, 0.717) is 5.88 Å². The van der Waals surface area contributed by atoms with E-state index in [1.165, 1.54) is 5.56 Å². The van der Waals surface area contributed by atoms with Crippen molar-refractivity contribution in [3.8, 4) is 0 Å². The van der Waals surface area contributed by atoms with Gasteiger partial charge < -0.3 is 5.32 Å². The summed E-state index contributed by atoms with van der Waals surface area (Å²) in [6, 6.07) is 8.41. The molecule has 1 aromatic carbocycles. The van der Waals surface area contributed by atoms with Gasteiger partial charge in [-0.3, -0.25) is 4.21 Å². The number of aryl methyl sites for hydroxylation is 1. The van der Waals surface area contributed by atoms with Crippen LogP contribution in [0.1, 0.15) is 18.1 Å². The SMILES string of the molecule is CCc1ccc(C=CC2=CNCS2=O)cc1. The molecule has 1 unspecified atom stereocenters. The lowest BCUT2D eigenvalue weighted by molar-refractivity contribution is 0.687. The monoisotopic (exact) mass is 233 g/mol. The molecule has 2 rings (SSSR count). The maximum atomic E-state index is 11.4. The van der Waals surface area contributed by atoms with Gasteiger partial charge in [0.05, 0.1) is 21.6 Å². The van der Waals surface area contributed by atoms with E-state index in [-0.39, 0.29) is 0 Å². The lowest BCUT2D eigenvalue weighted by Gasteiger charge is -1.97. The molecule has 0 amide bonds. The summed E-state index contributed by atoms with van der Waals surface area (Å²) in [5.74, 6) is 0.536. The maximum absolute atomic E-state index is 11.4. The number of hydrogen-bond acceptors (Lipinski definition) is 2. The molecule has 0 saturated heterocycles. The molecular formula is C13H15NOS. The molecule has 0 fully saturated rings. The lowest BCUT2D eigenvalue weighted by Crippen LogP contribution is -2.02. The Balaban J connectivity index is 2.08. The van der Waals surface area contributed by atoms with Gasteiger partial charge in [-0.2, -0.15) is 0 Å². The molecule has 0 radical (unpaired) electrons. The first-order valence-corrected chi connectivity index (χ1v) is 6.70. The average Bonchev–Trinajstić information content (AvgIpc) is 2.73. The molecule has 0 aromatic heterocycles. The summed E-state index contributed by atoms with van der Waals surface area (Å²) in [4.78, 5) is 0.861. The van der Waals surface area contributed by atoms with Crippen LogP contribution < -0.4 is 5.32 Å². The summed E-state index contributed by atoms with van der Waals surface area (Å²) in [6.07, 6.45) is 6.78. The van der Waals surface area contributed by atoms with Crippen molar-refractivity contribution >= 4 is 16.9 Å². The predicted octanol–water partition coefficient (Wildman–Crippen LogP) is 2.41. The molecule has 0 spiro atoms. The maximum Gasteiger partial charge on any atom is 0.0954 e. The molecule has 1 N–H and O–H groups in total. The van der Waals surface area contributed by atoms with Gasteiger partial charge in [0, 0.05) is 6.20 Å². The quantitative estimate of drug-likeness (QED) is 0.868. The second-order valence-electron chi connectivity index (χ2n) is 3.67. The number of nitrogens with one attached hydrogen (secondary N) is 1. The Bertz CT molecular complexity index is 446. The Morgan fingerprint density at radius 3 is 2.62 bits per heavy atom. The van der Waals surface area contributed by atoms with Crippen LogP contribution in [0.2, 0.25) is 0 Å². The summed E-state index contributed by atoms with van der Waals surface area (Å²) in [5, 5.41) is 2.96. The van der Waals surface area contributed by atoms with Crippen molar-refractivity contribution in [2.45, 2.75) is 13.3 Å². The van der Waals surface area contributed by atoms with E-state index in [0.717, 1.165) is 16.9 Å². The van der Waals surface area contributed by atoms with Crippen molar-refractivity contribution in [2.75, 3.05) is 5.88 Å². The number of hydrogen-bond donors (Lipinski definition) is 1. The lowest BCUT2D eigenvalue weighted by atomic mass is 10.1. The van der Waals surface area contributed by atoms with Crippen LogP contribution in [0, 0.1) is 0 Å². The molecule has 3 heteroatoms. The van der Waals surface area contributed by atoms with E-state index in [4.69, 9.17) is 0 Å². The molecule has 1 heterocycles. The minimum Gasteiger partial charge on any atom is -0.378 e. The van der Waals surface area contributed by atoms with Crippen LogP contribution in [0.4, 0.5) is 0 Å². The van der Waals surface area contributed by atoms with Crippen molar-refractivity contribution < 1.29 is 4.21 Å². The normalized spacial score (nSPS) is 19.8. The van der Waals surface area contributed by atoms with Gasteiger partial charge in [0.25, 0.3) is 0 Å². The summed E-state index contributed by atoms with van der Waals surface area (Å²) in [7, 11) is -0.877. The Hall–Kier alpha value is -1.35. The molecule has 84 valence electrons. The minimum atomic E-state index is -0.877. The van der Waals surface area contributed by atoms with Gasteiger partial charge in [0.2, 0.25) is 0 Å². The van der Waals surface area contributed by atoms with Gasteiger partial charge in [-0.05, 0) is 23.6 Å². The van der Waals surface area contributed by atoms with E-state index in [1.54, 1.807) is 0 Å². The Labute approximate surface area is 98.5 Å². The van der Waals surface area contributed by atoms with Gasteiger partial charge in [-0.25, -0.2) is 0 Å². The van der Waals surface area contributed by atoms with Gasteiger partial charge in [-0.1, -0.05) is 37.3 Å². The van der Waals surface area contributed by atoms with Crippen molar-refractivity contribution in [1.82, 2.24) is 5.32 Å². The summed E-state index contributed by atoms with van der Waals surface area (Å²) < 4.78 is 11.4. The zero-order valence-corrected chi connectivity index (χ0v) is 10.1. The predicted molar refractivity (Wildman–Crippen MR) is 69.1 cm³/mol. The van der Waals surface area contributed by atoms with Crippen molar-refractivity contribution in [3.05, 3.63) is 52.6 Å². The zero-order valence-electron chi connectivity index (χ0n) is 9.27. The zero-order chi connectivity index (χ0) is 11.4. The first-order valence-electron chi connectivity index (χ1n) is 5.38. The third-order valence-corrected chi connectivity index (χ3v) is 3.76. The molecule has 0 bridgehead atoms. The standard InChI is InChI=1S/C13H15NOS/c1-2-11-3-5-12(6-4-11)7-8-13-9-14-10-16(13)15/h3-9,14H,2,10H2,1H3. The van der Waals surface area contributed by atoms with Gasteiger partial charge in [0.1, 0.15) is 0 Å². The largest absolute Gasteiger partial charge is 0.378 e. The van der Waals surface area contributed by atoms with Gasteiger partial charge in [0.15, 0.2) is 0 Å². The van der Waals surface area contributed by atoms with Crippen LogP contribution >= 0.6 is 0 Å². The molecule has 16 heavy (non-hydrogen) atoms. The molecule has 1 aromatic rings. The van der Waals surface area contributed by atoms with Crippen LogP contribution in [0.5, 0.6) is 0 Å². The second-order valence-corrected chi connectivity index (χ2v) is 5.12. The summed E-state index contributed by atoms with van der Waals surface area (Å²) >= 11 is 0. The highest BCUT2D eigenvalue weighted by Crippen LogP contribution is 2.12. The van der Waals surface area contributed by atoms with Crippen LogP contribution in [0.3, 0.4) is 0 Å². The third-order valence-electron chi connectivity index (χ3n) is 2.55. The molecule has 1 atom stereocenters. The van der Waals surface area contributed by atoms with E-state index in [2.05, 4.69) is 36.5 Å². The summed E-state index contributed by atoms with van der Waals surface area (Å²) in [5.41, 5.74) is 2.48. The number of rotatable bonds is 3. The van der Waals surface area contributed by atoms with Crippen molar-refractivity contribution in [3.63, 3.8) is 0 Å². The Morgan fingerprint density at radius 1 is 1.31 bits per heavy atom. The summed E-state index contributed by atoms with van der Waals surface area (Å²) in [6.45, 7) is 2.14. The Kier molecular flexibility index (Phi) is 3.57. The topological polar surface area (TPSA) is 29.1 Å². The Morgan fingerprint density at radius 2 is 2.06 bits per heavy atom. The smallest absolute Gasteiger partial charge is 0.0954 e. The first-order chi connectivity index (χ1) is 7.79. The fraction of sp³-hybridized carbons (Fsp3) is 0.231. The molecule has 2 nitrogen and oxygen atoms in total. The van der Waals surface area contributed by atoms with Crippen molar-refractivity contribution in [2.24, 2.45) is 0 Å². The molecule has 1 aliphatic rings. The first kappa shape index (κ1) is 11.1. The highest BCUT2D eigenvalue weighted by atomic mass is 32.2. The van der Waals surface area contributed by atoms with Crippen molar-refractivity contribution in [1.29, 1.82) is 0 Å². The number of benzene rings is 1.